The number of hydrogen-bond acceptors (Lipinski definition) is 0. The fourth-order valence-electron chi connectivity index (χ4n) is 0.618. The Kier molecular flexibility index (Phi) is 4.75. The Labute approximate surface area is 86.2 Å². The molecule has 0 aliphatic rings. The van der Waals surface area contributed by atoms with Gasteiger partial charge in [-0.1, -0.05) is 6.92 Å². The van der Waals surface area contributed by atoms with Gasteiger partial charge in [-0.15, -0.1) is 30.3 Å². The van der Waals surface area contributed by atoms with Crippen LogP contribution in [0.15, 0.2) is 24.3 Å². The van der Waals surface area contributed by atoms with Crippen LogP contribution in [0.5, 0.6) is 0 Å². The molecule has 0 fully saturated rings. The van der Waals surface area contributed by atoms with Crippen LogP contribution in [-0.2, 0) is 32.7 Å². The van der Waals surface area contributed by atoms with Crippen molar-refractivity contribution in [2.45, 2.75) is 6.92 Å². The van der Waals surface area contributed by atoms with Crippen LogP contribution >= 0.6 is 0 Å². The van der Waals surface area contributed by atoms with Gasteiger partial charge in [-0.3, -0.25) is 5.71 Å². The van der Waals surface area contributed by atoms with E-state index in [4.69, 9.17) is 5.41 Å². The number of nitrogens with zero attached hydrogens (tertiary/aromatic N) is 1. The molecule has 0 unspecified atom stereocenters. The molecule has 1 rings (SSSR count). The van der Waals surface area contributed by atoms with E-state index in [0.29, 0.717) is 5.71 Å². The molecule has 0 spiro atoms. The third-order valence-corrected chi connectivity index (χ3v) is 1.10. The minimum atomic E-state index is 0. The summed E-state index contributed by atoms with van der Waals surface area (Å²) in [6, 6.07) is 10.2. The maximum Gasteiger partial charge on any atom is 0 e. The first-order chi connectivity index (χ1) is 4.30. The van der Waals surface area contributed by atoms with Crippen molar-refractivity contribution in [2.75, 3.05) is 0 Å². The van der Waals surface area contributed by atoms with Crippen LogP contribution in [0.2, 0.25) is 0 Å². The van der Waals surface area contributed by atoms with E-state index in [1.54, 1.807) is 13.0 Å². The van der Waals surface area contributed by atoms with E-state index in [0.717, 1.165) is 5.56 Å². The van der Waals surface area contributed by atoms with Crippen molar-refractivity contribution in [3.05, 3.63) is 41.3 Å². The number of rotatable bonds is 1. The van der Waals surface area contributed by atoms with Gasteiger partial charge in [0.2, 0.25) is 0 Å². The van der Waals surface area contributed by atoms with E-state index in [1.807, 2.05) is 18.2 Å². The maximum atomic E-state index is 8.91. The van der Waals surface area contributed by atoms with Crippen molar-refractivity contribution in [1.29, 1.82) is 0 Å². The fraction of sp³-hybridized carbons (Fsp3) is 0.125. The van der Waals surface area contributed by atoms with Crippen LogP contribution < -0.4 is 0 Å². The van der Waals surface area contributed by atoms with Gasteiger partial charge in [0.05, 0.1) is 0 Å². The molecular weight excluding hydrogens is 199 g/mol. The van der Waals surface area contributed by atoms with Gasteiger partial charge < -0.3 is 5.41 Å². The average molecular weight is 206 g/mol. The van der Waals surface area contributed by atoms with E-state index in [9.17, 15) is 0 Å². The summed E-state index contributed by atoms with van der Waals surface area (Å²) in [6.07, 6.45) is 0. The summed E-state index contributed by atoms with van der Waals surface area (Å²) in [4.78, 5) is 0. The van der Waals surface area contributed by atoms with Gasteiger partial charge in [0, 0.05) is 32.7 Å². The van der Waals surface area contributed by atoms with Crippen LogP contribution in [0.1, 0.15) is 12.5 Å². The summed E-state index contributed by atoms with van der Waals surface area (Å²) >= 11 is 0. The van der Waals surface area contributed by atoms with Crippen LogP contribution in [-0.4, -0.2) is 5.71 Å². The molecule has 1 nitrogen and oxygen atoms in total. The topological polar surface area (TPSA) is 22.3 Å². The summed E-state index contributed by atoms with van der Waals surface area (Å²) < 4.78 is 0. The van der Waals surface area contributed by atoms with Crippen molar-refractivity contribution >= 4 is 5.71 Å². The van der Waals surface area contributed by atoms with Crippen LogP contribution in [0, 0.1) is 6.07 Å². The Bertz CT molecular complexity index is 206. The van der Waals surface area contributed by atoms with Gasteiger partial charge in [0.25, 0.3) is 0 Å². The molecule has 1 radical (unpaired) electrons. The maximum absolute atomic E-state index is 8.91. The van der Waals surface area contributed by atoms with Gasteiger partial charge in [0.15, 0.2) is 0 Å². The average Bonchev–Trinajstić information content (AvgIpc) is 1.90. The molecule has 0 atom stereocenters. The van der Waals surface area contributed by atoms with Crippen molar-refractivity contribution < 1.29 is 32.7 Å². The van der Waals surface area contributed by atoms with Crippen molar-refractivity contribution in [1.82, 2.24) is 0 Å². The summed E-state index contributed by atoms with van der Waals surface area (Å²) in [5.74, 6) is 0. The van der Waals surface area contributed by atoms with E-state index < -0.39 is 0 Å². The predicted molar refractivity (Wildman–Crippen MR) is 38.4 cm³/mol. The molecule has 0 aromatic heterocycles. The van der Waals surface area contributed by atoms with E-state index in [-0.39, 0.29) is 32.7 Å². The summed E-state index contributed by atoms with van der Waals surface area (Å²) in [5, 5.41) is 8.91. The molecule has 0 aliphatic heterocycles. The van der Waals surface area contributed by atoms with E-state index >= 15 is 0 Å². The second kappa shape index (κ2) is 4.76. The first kappa shape index (κ1) is 9.99. The molecule has 1 aromatic rings. The van der Waals surface area contributed by atoms with Gasteiger partial charge >= 0.3 is 0 Å². The SMILES string of the molecule is CC(=[N-])c1[c-]cccc1.[Y]. The molecule has 10 heavy (non-hydrogen) atoms. The van der Waals surface area contributed by atoms with E-state index in [2.05, 4.69) is 6.07 Å². The molecule has 0 saturated heterocycles. The zero-order valence-corrected chi connectivity index (χ0v) is 8.67. The Balaban J connectivity index is 0.000000810. The normalized spacial score (nSPS) is 8.10. The van der Waals surface area contributed by atoms with Crippen LogP contribution in [0.25, 0.3) is 5.41 Å². The molecule has 0 bridgehead atoms. The van der Waals surface area contributed by atoms with Gasteiger partial charge in [-0.25, -0.2) is 0 Å². The molecule has 0 saturated carbocycles. The number of benzene rings is 1. The monoisotopic (exact) mass is 206 g/mol. The molecule has 0 amide bonds. The van der Waals surface area contributed by atoms with E-state index in [1.165, 1.54) is 0 Å². The quantitative estimate of drug-likeness (QED) is 0.494. The number of hydrogen-bond donors (Lipinski definition) is 0. The predicted octanol–water partition coefficient (Wildman–Crippen LogP) is 1.86. The van der Waals surface area contributed by atoms with Gasteiger partial charge in [-0.05, 0) is 0 Å². The minimum absolute atomic E-state index is 0. The van der Waals surface area contributed by atoms with Crippen molar-refractivity contribution in [3.63, 3.8) is 0 Å². The fourth-order valence-corrected chi connectivity index (χ4v) is 0.618. The zero-order valence-electron chi connectivity index (χ0n) is 5.83. The summed E-state index contributed by atoms with van der Waals surface area (Å²) in [6.45, 7) is 1.64. The Morgan fingerprint density at radius 3 is 2.50 bits per heavy atom. The molecule has 49 valence electrons. The Hall–Kier alpha value is -0.00610. The third kappa shape index (κ3) is 2.72. The molecule has 0 aliphatic carbocycles. The van der Waals surface area contributed by atoms with Crippen LogP contribution in [0.4, 0.5) is 0 Å². The Morgan fingerprint density at radius 2 is 2.20 bits per heavy atom. The largest absolute Gasteiger partial charge is 0.859 e. The molecule has 0 N–H and O–H groups in total. The minimum Gasteiger partial charge on any atom is -0.859 e. The van der Waals surface area contributed by atoms with Gasteiger partial charge in [-0.2, -0.15) is 5.56 Å². The summed E-state index contributed by atoms with van der Waals surface area (Å²) in [5.41, 5.74) is 1.08. The van der Waals surface area contributed by atoms with Crippen molar-refractivity contribution in [3.8, 4) is 0 Å². The van der Waals surface area contributed by atoms with Gasteiger partial charge in [0.1, 0.15) is 0 Å². The molecule has 2 heteroatoms. The zero-order chi connectivity index (χ0) is 6.69. The second-order valence-electron chi connectivity index (χ2n) is 1.86. The molecule has 0 heterocycles. The summed E-state index contributed by atoms with van der Waals surface area (Å²) in [7, 11) is 0. The standard InChI is InChI=1S/C8H7N.Y/c1-7(9)8-5-3-2-4-6-8;/h2-5H,1H3;/q-2;. The molecule has 1 aromatic carbocycles. The van der Waals surface area contributed by atoms with Crippen LogP contribution in [0.3, 0.4) is 0 Å². The Morgan fingerprint density at radius 1 is 1.50 bits per heavy atom. The molecular formula is C8H7NY-2. The smallest absolute Gasteiger partial charge is 0 e. The second-order valence-corrected chi connectivity index (χ2v) is 1.86. The first-order valence-electron chi connectivity index (χ1n) is 2.80. The first-order valence-corrected chi connectivity index (χ1v) is 2.80. The van der Waals surface area contributed by atoms with Crippen molar-refractivity contribution in [2.24, 2.45) is 0 Å². The third-order valence-electron chi connectivity index (χ3n) is 1.10.